The van der Waals surface area contributed by atoms with Gasteiger partial charge < -0.3 is 10.1 Å². The molecular weight excluding hydrogens is 198 g/mol. The lowest BCUT2D eigenvalue weighted by Gasteiger charge is -2.29. The molecule has 0 bridgehead atoms. The summed E-state index contributed by atoms with van der Waals surface area (Å²) in [6.07, 6.45) is 0. The van der Waals surface area contributed by atoms with Crippen molar-refractivity contribution in [3.05, 3.63) is 29.8 Å². The summed E-state index contributed by atoms with van der Waals surface area (Å²) in [6.45, 7) is 9.60. The zero-order chi connectivity index (χ0) is 12.2. The lowest BCUT2D eigenvalue weighted by Crippen LogP contribution is -2.30. The number of nitrogens with one attached hydrogen (secondary N) is 1. The molecule has 1 atom stereocenters. The van der Waals surface area contributed by atoms with Crippen molar-refractivity contribution in [3.63, 3.8) is 0 Å². The van der Waals surface area contributed by atoms with Gasteiger partial charge in [-0.3, -0.25) is 0 Å². The van der Waals surface area contributed by atoms with E-state index in [9.17, 15) is 0 Å². The Morgan fingerprint density at radius 3 is 2.56 bits per heavy atom. The summed E-state index contributed by atoms with van der Waals surface area (Å²) in [6, 6.07) is 8.82. The van der Waals surface area contributed by atoms with Crippen molar-refractivity contribution in [1.82, 2.24) is 0 Å². The second-order valence-electron chi connectivity index (χ2n) is 5.37. The van der Waals surface area contributed by atoms with Crippen LogP contribution in [0.1, 0.15) is 33.3 Å². The van der Waals surface area contributed by atoms with Crippen LogP contribution in [0.4, 0.5) is 5.69 Å². The number of ether oxygens (including phenoxy) is 1. The summed E-state index contributed by atoms with van der Waals surface area (Å²) in [4.78, 5) is 0. The maximum atomic E-state index is 5.13. The largest absolute Gasteiger partial charge is 0.382 e. The normalized spacial score (nSPS) is 13.6. The molecule has 2 nitrogen and oxygen atoms in total. The first-order chi connectivity index (χ1) is 7.43. The summed E-state index contributed by atoms with van der Waals surface area (Å²) in [5.41, 5.74) is 2.63. The molecule has 0 aliphatic heterocycles. The second-order valence-corrected chi connectivity index (χ2v) is 5.37. The predicted molar refractivity (Wildman–Crippen MR) is 69.7 cm³/mol. The monoisotopic (exact) mass is 221 g/mol. The number of benzene rings is 1. The Hall–Kier alpha value is -1.02. The smallest absolute Gasteiger partial charge is 0.0713 e. The molecule has 1 aromatic rings. The summed E-state index contributed by atoms with van der Waals surface area (Å²) in [5, 5.41) is 3.53. The quantitative estimate of drug-likeness (QED) is 0.837. The van der Waals surface area contributed by atoms with E-state index in [4.69, 9.17) is 4.74 Å². The van der Waals surface area contributed by atoms with Crippen molar-refractivity contribution < 1.29 is 4.74 Å². The zero-order valence-corrected chi connectivity index (χ0v) is 11.0. The molecule has 0 spiro atoms. The second kappa shape index (κ2) is 5.35. The number of anilines is 1. The van der Waals surface area contributed by atoms with E-state index in [1.54, 1.807) is 7.11 Å². The van der Waals surface area contributed by atoms with E-state index < -0.39 is 0 Å². The number of rotatable bonds is 4. The van der Waals surface area contributed by atoms with Gasteiger partial charge in [-0.25, -0.2) is 0 Å². The minimum Gasteiger partial charge on any atom is -0.382 e. The van der Waals surface area contributed by atoms with Crippen molar-refractivity contribution in [2.24, 2.45) is 5.41 Å². The Balaban J connectivity index is 2.70. The van der Waals surface area contributed by atoms with Gasteiger partial charge in [0.25, 0.3) is 0 Å². The molecule has 1 rings (SSSR count). The molecule has 16 heavy (non-hydrogen) atoms. The van der Waals surface area contributed by atoms with Crippen molar-refractivity contribution >= 4 is 5.69 Å². The molecule has 1 unspecified atom stereocenters. The molecule has 0 amide bonds. The third-order valence-corrected chi connectivity index (χ3v) is 2.92. The third-order valence-electron chi connectivity index (χ3n) is 2.92. The highest BCUT2D eigenvalue weighted by atomic mass is 16.5. The molecule has 0 aliphatic carbocycles. The summed E-state index contributed by atoms with van der Waals surface area (Å²) >= 11 is 0. The van der Waals surface area contributed by atoms with Crippen LogP contribution in [0.2, 0.25) is 0 Å². The van der Waals surface area contributed by atoms with Crippen molar-refractivity contribution in [2.45, 2.75) is 40.3 Å². The van der Waals surface area contributed by atoms with Crippen LogP contribution < -0.4 is 5.32 Å². The van der Waals surface area contributed by atoms with Crippen LogP contribution in [0.5, 0.6) is 0 Å². The highest BCUT2D eigenvalue weighted by Gasteiger charge is 2.19. The van der Waals surface area contributed by atoms with Crippen LogP contribution in [0.25, 0.3) is 0 Å². The first-order valence-corrected chi connectivity index (χ1v) is 5.78. The molecule has 0 saturated carbocycles. The van der Waals surface area contributed by atoms with E-state index in [2.05, 4.69) is 57.3 Å². The Bertz CT molecular complexity index is 328. The molecule has 0 heterocycles. The van der Waals surface area contributed by atoms with Gasteiger partial charge in [-0.1, -0.05) is 32.9 Å². The standard InChI is InChI=1S/C14H23NO/c1-11(14(2,3)4)15-13-8-6-7-12(9-13)10-16-5/h6-9,11,15H,10H2,1-5H3. The molecule has 0 aliphatic rings. The van der Waals surface area contributed by atoms with Gasteiger partial charge in [0, 0.05) is 18.8 Å². The summed E-state index contributed by atoms with van der Waals surface area (Å²) in [5.74, 6) is 0. The minimum atomic E-state index is 0.261. The fourth-order valence-corrected chi connectivity index (χ4v) is 1.38. The first-order valence-electron chi connectivity index (χ1n) is 5.78. The predicted octanol–water partition coefficient (Wildman–Crippen LogP) is 3.68. The molecule has 0 aromatic heterocycles. The Morgan fingerprint density at radius 2 is 2.00 bits per heavy atom. The van der Waals surface area contributed by atoms with Crippen LogP contribution in [0.3, 0.4) is 0 Å². The van der Waals surface area contributed by atoms with Gasteiger partial charge in [0.2, 0.25) is 0 Å². The van der Waals surface area contributed by atoms with Gasteiger partial charge in [0.05, 0.1) is 6.61 Å². The van der Waals surface area contributed by atoms with Gasteiger partial charge >= 0.3 is 0 Å². The van der Waals surface area contributed by atoms with E-state index in [1.165, 1.54) is 5.56 Å². The van der Waals surface area contributed by atoms with Gasteiger partial charge in [-0.05, 0) is 30.0 Å². The van der Waals surface area contributed by atoms with E-state index in [0.717, 1.165) is 5.69 Å². The summed E-state index contributed by atoms with van der Waals surface area (Å²) in [7, 11) is 1.72. The van der Waals surface area contributed by atoms with Crippen LogP contribution in [0, 0.1) is 5.41 Å². The SMILES string of the molecule is COCc1cccc(NC(C)C(C)(C)C)c1. The number of hydrogen-bond donors (Lipinski definition) is 1. The maximum Gasteiger partial charge on any atom is 0.0713 e. The van der Waals surface area contributed by atoms with E-state index in [1.807, 2.05) is 0 Å². The average Bonchev–Trinajstić information content (AvgIpc) is 2.17. The zero-order valence-electron chi connectivity index (χ0n) is 11.0. The molecular formula is C14H23NO. The van der Waals surface area contributed by atoms with Crippen LogP contribution >= 0.6 is 0 Å². The van der Waals surface area contributed by atoms with Gasteiger partial charge in [-0.15, -0.1) is 0 Å². The third kappa shape index (κ3) is 3.86. The minimum absolute atomic E-state index is 0.261. The lowest BCUT2D eigenvalue weighted by molar-refractivity contribution is 0.185. The molecule has 1 N–H and O–H groups in total. The topological polar surface area (TPSA) is 21.3 Å². The van der Waals surface area contributed by atoms with E-state index >= 15 is 0 Å². The highest BCUT2D eigenvalue weighted by molar-refractivity contribution is 5.46. The molecule has 0 radical (unpaired) electrons. The summed E-state index contributed by atoms with van der Waals surface area (Å²) < 4.78 is 5.13. The molecule has 2 heteroatoms. The van der Waals surface area contributed by atoms with E-state index in [-0.39, 0.29) is 5.41 Å². The van der Waals surface area contributed by atoms with Crippen LogP contribution in [-0.4, -0.2) is 13.2 Å². The molecule has 90 valence electrons. The number of methoxy groups -OCH3 is 1. The number of hydrogen-bond acceptors (Lipinski definition) is 2. The van der Waals surface area contributed by atoms with Gasteiger partial charge in [0.1, 0.15) is 0 Å². The van der Waals surface area contributed by atoms with Gasteiger partial charge in [-0.2, -0.15) is 0 Å². The Kier molecular flexibility index (Phi) is 4.36. The van der Waals surface area contributed by atoms with Crippen molar-refractivity contribution in [3.8, 4) is 0 Å². The molecule has 0 saturated heterocycles. The molecule has 1 aromatic carbocycles. The van der Waals surface area contributed by atoms with Crippen molar-refractivity contribution in [2.75, 3.05) is 12.4 Å². The van der Waals surface area contributed by atoms with Crippen LogP contribution in [0.15, 0.2) is 24.3 Å². The fraction of sp³-hybridized carbons (Fsp3) is 0.571. The van der Waals surface area contributed by atoms with Gasteiger partial charge in [0.15, 0.2) is 0 Å². The van der Waals surface area contributed by atoms with Crippen molar-refractivity contribution in [1.29, 1.82) is 0 Å². The first kappa shape index (κ1) is 13.0. The lowest BCUT2D eigenvalue weighted by atomic mass is 9.88. The van der Waals surface area contributed by atoms with E-state index in [0.29, 0.717) is 12.6 Å². The Labute approximate surface area is 99.0 Å². The van der Waals surface area contributed by atoms with Crippen LogP contribution in [-0.2, 0) is 11.3 Å². The average molecular weight is 221 g/mol. The highest BCUT2D eigenvalue weighted by Crippen LogP contribution is 2.23. The Morgan fingerprint density at radius 1 is 1.31 bits per heavy atom. The fourth-order valence-electron chi connectivity index (χ4n) is 1.38. The maximum absolute atomic E-state index is 5.13. The molecule has 0 fully saturated rings.